The molecule has 38 heavy (non-hydrogen) atoms. The van der Waals surface area contributed by atoms with Gasteiger partial charge >= 0.3 is 0 Å². The Morgan fingerprint density at radius 2 is 1.50 bits per heavy atom. The third-order valence-corrected chi connectivity index (χ3v) is 7.91. The molecule has 0 N–H and O–H groups in total. The molecule has 1 amide bonds. The number of amides is 1. The van der Waals surface area contributed by atoms with E-state index in [9.17, 15) is 4.79 Å². The molecule has 3 aromatic rings. The van der Waals surface area contributed by atoms with Crippen LogP contribution in [0.1, 0.15) is 42.4 Å². The third-order valence-electron chi connectivity index (χ3n) is 7.66. The molecule has 0 atom stereocenters. The van der Waals surface area contributed by atoms with Gasteiger partial charge in [0.1, 0.15) is 6.61 Å². The Morgan fingerprint density at radius 1 is 0.842 bits per heavy atom. The van der Waals surface area contributed by atoms with Gasteiger partial charge in [0.15, 0.2) is 0 Å². The maximum Gasteiger partial charge on any atom is 0.225 e. The van der Waals surface area contributed by atoms with Crippen LogP contribution in [0.4, 0.5) is 0 Å². The molecule has 0 unspecified atom stereocenters. The Morgan fingerprint density at radius 3 is 2.18 bits per heavy atom. The number of rotatable bonds is 8. The predicted octanol–water partition coefficient (Wildman–Crippen LogP) is 5.81. The van der Waals surface area contributed by atoms with Crippen molar-refractivity contribution >= 4 is 23.2 Å². The first-order valence-electron chi connectivity index (χ1n) is 13.6. The molecule has 2 saturated heterocycles. The Bertz CT molecular complexity index is 1190. The van der Waals surface area contributed by atoms with Gasteiger partial charge in [0.2, 0.25) is 5.91 Å². The highest BCUT2D eigenvalue weighted by atomic mass is 35.5. The molecule has 5 rings (SSSR count). The van der Waals surface area contributed by atoms with Gasteiger partial charge in [-0.1, -0.05) is 59.2 Å². The highest BCUT2D eigenvalue weighted by Gasteiger charge is 2.32. The van der Waals surface area contributed by atoms with E-state index in [-0.39, 0.29) is 11.8 Å². The summed E-state index contributed by atoms with van der Waals surface area (Å²) in [5, 5.41) is 5.31. The smallest absolute Gasteiger partial charge is 0.225 e. The molecule has 2 aliphatic heterocycles. The fourth-order valence-electron chi connectivity index (χ4n) is 5.45. The van der Waals surface area contributed by atoms with Crippen LogP contribution in [0.5, 0.6) is 0 Å². The van der Waals surface area contributed by atoms with Crippen molar-refractivity contribution in [1.82, 2.24) is 14.8 Å². The summed E-state index contributed by atoms with van der Waals surface area (Å²) >= 11 is 6.14. The molecular weight excluding hydrogens is 496 g/mol. The van der Waals surface area contributed by atoms with Crippen LogP contribution in [0.3, 0.4) is 0 Å². The van der Waals surface area contributed by atoms with Crippen LogP contribution in [0, 0.1) is 11.8 Å². The molecule has 2 fully saturated rings. The topological polar surface area (TPSA) is 58.0 Å². The van der Waals surface area contributed by atoms with E-state index in [4.69, 9.17) is 16.4 Å². The van der Waals surface area contributed by atoms with Gasteiger partial charge in [-0.05, 0) is 79.7 Å². The standard InChI is InChI=1S/C31H35ClN4O2/c32-29-8-6-26(7-9-29)30(34-38-23-25-4-2-1-3-5-25)27-14-20-36(21-15-27)31(37)28-12-18-35(19-13-28)22-24-10-16-33-17-11-24/h1-11,16-17,27-28H,12-15,18-23H2/b34-30+. The van der Waals surface area contributed by atoms with E-state index in [0.717, 1.165) is 75.2 Å². The first kappa shape index (κ1) is 26.4. The lowest BCUT2D eigenvalue weighted by Crippen LogP contribution is -2.46. The van der Waals surface area contributed by atoms with E-state index in [2.05, 4.69) is 32.1 Å². The summed E-state index contributed by atoms with van der Waals surface area (Å²) in [5.41, 5.74) is 4.32. The van der Waals surface area contributed by atoms with Crippen LogP contribution in [0.25, 0.3) is 0 Å². The van der Waals surface area contributed by atoms with Crippen molar-refractivity contribution in [3.8, 4) is 0 Å². The number of halogens is 1. The summed E-state index contributed by atoms with van der Waals surface area (Å²) in [4.78, 5) is 27.8. The van der Waals surface area contributed by atoms with Gasteiger partial charge in [0.25, 0.3) is 0 Å². The van der Waals surface area contributed by atoms with Gasteiger partial charge in [0.05, 0.1) is 5.71 Å². The first-order chi connectivity index (χ1) is 18.7. The van der Waals surface area contributed by atoms with Crippen LogP contribution in [0.2, 0.25) is 5.02 Å². The highest BCUT2D eigenvalue weighted by Crippen LogP contribution is 2.27. The van der Waals surface area contributed by atoms with E-state index in [1.54, 1.807) is 0 Å². The lowest BCUT2D eigenvalue weighted by atomic mass is 9.87. The number of hydrogen-bond donors (Lipinski definition) is 0. The van der Waals surface area contributed by atoms with Gasteiger partial charge in [0, 0.05) is 48.9 Å². The first-order valence-corrected chi connectivity index (χ1v) is 13.9. The minimum atomic E-state index is 0.124. The number of likely N-dealkylation sites (tertiary alicyclic amines) is 2. The number of oxime groups is 1. The van der Waals surface area contributed by atoms with Gasteiger partial charge in [-0.25, -0.2) is 0 Å². The highest BCUT2D eigenvalue weighted by molar-refractivity contribution is 6.30. The number of nitrogens with zero attached hydrogens (tertiary/aromatic N) is 4. The Kier molecular flexibility index (Phi) is 9.05. The fourth-order valence-corrected chi connectivity index (χ4v) is 5.58. The lowest BCUT2D eigenvalue weighted by molar-refractivity contribution is -0.138. The van der Waals surface area contributed by atoms with Crippen LogP contribution in [-0.4, -0.2) is 52.6 Å². The molecule has 0 radical (unpaired) electrons. The van der Waals surface area contributed by atoms with Gasteiger partial charge in [-0.15, -0.1) is 0 Å². The molecule has 198 valence electrons. The quantitative estimate of drug-likeness (QED) is 0.272. The Balaban J connectivity index is 1.16. The summed E-state index contributed by atoms with van der Waals surface area (Å²) in [5.74, 6) is 0.675. The number of hydrogen-bond acceptors (Lipinski definition) is 5. The van der Waals surface area contributed by atoms with Crippen LogP contribution in [-0.2, 0) is 22.8 Å². The zero-order valence-electron chi connectivity index (χ0n) is 21.7. The molecule has 2 aliphatic rings. The van der Waals surface area contributed by atoms with Crippen molar-refractivity contribution < 1.29 is 9.63 Å². The molecule has 0 bridgehead atoms. The average Bonchev–Trinajstić information content (AvgIpc) is 2.97. The molecule has 2 aromatic carbocycles. The SMILES string of the molecule is O=C(C1CCN(Cc2ccncc2)CC1)N1CCC(/C(=N/OCc2ccccc2)c2ccc(Cl)cc2)CC1. The van der Waals surface area contributed by atoms with Crippen molar-refractivity contribution in [3.63, 3.8) is 0 Å². The van der Waals surface area contributed by atoms with Crippen molar-refractivity contribution in [1.29, 1.82) is 0 Å². The third kappa shape index (κ3) is 7.00. The van der Waals surface area contributed by atoms with Crippen LogP contribution in [0.15, 0.2) is 84.3 Å². The number of piperidine rings is 2. The zero-order chi connectivity index (χ0) is 26.2. The number of benzene rings is 2. The molecule has 1 aromatic heterocycles. The van der Waals surface area contributed by atoms with E-state index in [1.165, 1.54) is 5.56 Å². The van der Waals surface area contributed by atoms with E-state index >= 15 is 0 Å². The van der Waals surface area contributed by atoms with E-state index < -0.39 is 0 Å². The maximum atomic E-state index is 13.4. The molecule has 0 aliphatic carbocycles. The van der Waals surface area contributed by atoms with Crippen molar-refractivity contribution in [2.45, 2.75) is 38.8 Å². The molecule has 7 heteroatoms. The van der Waals surface area contributed by atoms with Gasteiger partial charge < -0.3 is 9.74 Å². The molecule has 3 heterocycles. The van der Waals surface area contributed by atoms with Crippen LogP contribution >= 0.6 is 11.6 Å². The average molecular weight is 531 g/mol. The normalized spacial score (nSPS) is 17.9. The monoisotopic (exact) mass is 530 g/mol. The number of carbonyl (C=O) groups excluding carboxylic acids is 1. The van der Waals surface area contributed by atoms with Crippen molar-refractivity contribution in [2.75, 3.05) is 26.2 Å². The minimum Gasteiger partial charge on any atom is -0.391 e. The number of carbonyl (C=O) groups is 1. The fraction of sp³-hybridized carbons (Fsp3) is 0.387. The van der Waals surface area contributed by atoms with E-state index in [0.29, 0.717) is 17.5 Å². The number of pyridine rings is 1. The summed E-state index contributed by atoms with van der Waals surface area (Å²) in [7, 11) is 0. The Hall–Kier alpha value is -3.22. The summed E-state index contributed by atoms with van der Waals surface area (Å²) in [6.45, 7) is 4.78. The predicted molar refractivity (Wildman–Crippen MR) is 151 cm³/mol. The van der Waals surface area contributed by atoms with Crippen LogP contribution < -0.4 is 0 Å². The zero-order valence-corrected chi connectivity index (χ0v) is 22.5. The largest absolute Gasteiger partial charge is 0.391 e. The minimum absolute atomic E-state index is 0.124. The summed E-state index contributed by atoms with van der Waals surface area (Å²) in [6, 6.07) is 22.0. The molecular formula is C31H35ClN4O2. The second kappa shape index (κ2) is 13.0. The maximum absolute atomic E-state index is 13.4. The lowest BCUT2D eigenvalue weighted by Gasteiger charge is -2.37. The summed E-state index contributed by atoms with van der Waals surface area (Å²) in [6.07, 6.45) is 7.29. The van der Waals surface area contributed by atoms with E-state index in [1.807, 2.05) is 67.0 Å². The summed E-state index contributed by atoms with van der Waals surface area (Å²) < 4.78 is 0. The van der Waals surface area contributed by atoms with Crippen molar-refractivity contribution in [3.05, 3.63) is 101 Å². The second-order valence-corrected chi connectivity index (χ2v) is 10.7. The Labute approximate surface area is 230 Å². The molecule has 0 saturated carbocycles. The van der Waals surface area contributed by atoms with Crippen molar-refractivity contribution in [2.24, 2.45) is 17.0 Å². The molecule has 6 nitrogen and oxygen atoms in total. The van der Waals surface area contributed by atoms with Gasteiger partial charge in [-0.3, -0.25) is 14.7 Å². The second-order valence-electron chi connectivity index (χ2n) is 10.2. The number of aromatic nitrogens is 1. The molecule has 0 spiro atoms. The van der Waals surface area contributed by atoms with Gasteiger partial charge in [-0.2, -0.15) is 0 Å².